The van der Waals surface area contributed by atoms with Crippen molar-refractivity contribution in [1.29, 1.82) is 0 Å². The lowest BCUT2D eigenvalue weighted by atomic mass is 9.91. The van der Waals surface area contributed by atoms with E-state index in [9.17, 15) is 19.8 Å². The summed E-state index contributed by atoms with van der Waals surface area (Å²) < 4.78 is 0. The molecule has 1 aromatic carbocycles. The second-order valence-electron chi connectivity index (χ2n) is 6.53. The number of phenols is 1. The number of pyridine rings is 1. The Hall–Kier alpha value is -3.15. The van der Waals surface area contributed by atoms with Crippen molar-refractivity contribution in [2.24, 2.45) is 5.92 Å². The van der Waals surface area contributed by atoms with Crippen LogP contribution in [0.3, 0.4) is 0 Å². The van der Waals surface area contributed by atoms with Crippen LogP contribution in [0, 0.1) is 5.92 Å². The zero-order valence-corrected chi connectivity index (χ0v) is 14.6. The number of hydrogen-bond donors (Lipinski definition) is 2. The summed E-state index contributed by atoms with van der Waals surface area (Å²) in [5.74, 6) is -1.81. The quantitative estimate of drug-likeness (QED) is 0.863. The van der Waals surface area contributed by atoms with Crippen LogP contribution in [0.5, 0.6) is 5.75 Å². The molecule has 2 heterocycles. The maximum absolute atomic E-state index is 12.7. The van der Waals surface area contributed by atoms with Crippen LogP contribution in [0.2, 0.25) is 0 Å². The highest BCUT2D eigenvalue weighted by atomic mass is 16.3. The number of amides is 1. The topological polar surface area (TPSA) is 90.7 Å². The molecule has 0 aliphatic carbocycles. The molecule has 26 heavy (non-hydrogen) atoms. The van der Waals surface area contributed by atoms with Crippen molar-refractivity contribution < 1.29 is 19.8 Å². The summed E-state index contributed by atoms with van der Waals surface area (Å²) in [6.07, 6.45) is 1.62. The number of carbonyl (C=O) groups excluding carboxylic acids is 2. The van der Waals surface area contributed by atoms with Gasteiger partial charge in [0.2, 0.25) is 0 Å². The molecule has 0 saturated carbocycles. The van der Waals surface area contributed by atoms with Crippen molar-refractivity contribution in [2.75, 3.05) is 0 Å². The van der Waals surface area contributed by atoms with Crippen molar-refractivity contribution in [3.63, 3.8) is 0 Å². The summed E-state index contributed by atoms with van der Waals surface area (Å²) in [7, 11) is 0. The van der Waals surface area contributed by atoms with Gasteiger partial charge in [-0.25, -0.2) is 0 Å². The Morgan fingerprint density at radius 3 is 2.58 bits per heavy atom. The number of aliphatic hydroxyl groups is 1. The van der Waals surface area contributed by atoms with Crippen molar-refractivity contribution in [3.05, 3.63) is 71.3 Å². The number of nitrogens with zero attached hydrogens (tertiary/aromatic N) is 2. The Bertz CT molecular complexity index is 874. The van der Waals surface area contributed by atoms with Crippen LogP contribution in [-0.2, 0) is 16.1 Å². The SMILES string of the molecule is CC(C)C(=O)C1=C(O)C(=O)N(Cc2ccccn2)C1c1cccc(O)c1. The highest BCUT2D eigenvalue weighted by Gasteiger charge is 2.44. The molecule has 1 atom stereocenters. The molecular formula is C20H20N2O4. The molecule has 1 aliphatic heterocycles. The average molecular weight is 352 g/mol. The van der Waals surface area contributed by atoms with E-state index in [1.807, 2.05) is 0 Å². The zero-order valence-electron chi connectivity index (χ0n) is 14.6. The van der Waals surface area contributed by atoms with E-state index in [4.69, 9.17) is 0 Å². The van der Waals surface area contributed by atoms with Gasteiger partial charge in [-0.3, -0.25) is 14.6 Å². The lowest BCUT2D eigenvalue weighted by Gasteiger charge is -2.27. The van der Waals surface area contributed by atoms with Crippen molar-refractivity contribution in [1.82, 2.24) is 9.88 Å². The first-order valence-electron chi connectivity index (χ1n) is 8.37. The van der Waals surface area contributed by atoms with Gasteiger partial charge in [0, 0.05) is 12.1 Å². The van der Waals surface area contributed by atoms with Gasteiger partial charge in [0.25, 0.3) is 5.91 Å². The molecule has 1 aromatic heterocycles. The van der Waals surface area contributed by atoms with Crippen molar-refractivity contribution in [2.45, 2.75) is 26.4 Å². The van der Waals surface area contributed by atoms with Crippen LogP contribution < -0.4 is 0 Å². The van der Waals surface area contributed by atoms with Crippen molar-refractivity contribution >= 4 is 11.7 Å². The minimum Gasteiger partial charge on any atom is -0.508 e. The van der Waals surface area contributed by atoms with E-state index in [0.29, 0.717) is 11.3 Å². The maximum Gasteiger partial charge on any atom is 0.290 e. The molecule has 0 saturated heterocycles. The van der Waals surface area contributed by atoms with Gasteiger partial charge in [-0.1, -0.05) is 32.0 Å². The predicted molar refractivity (Wildman–Crippen MR) is 95.1 cm³/mol. The van der Waals surface area contributed by atoms with Gasteiger partial charge < -0.3 is 15.1 Å². The number of ketones is 1. The lowest BCUT2D eigenvalue weighted by Crippen LogP contribution is -2.31. The third-order valence-corrected chi connectivity index (χ3v) is 4.34. The number of benzene rings is 1. The summed E-state index contributed by atoms with van der Waals surface area (Å²) in [6, 6.07) is 10.9. The van der Waals surface area contributed by atoms with Gasteiger partial charge >= 0.3 is 0 Å². The highest BCUT2D eigenvalue weighted by Crippen LogP contribution is 2.40. The Morgan fingerprint density at radius 1 is 1.19 bits per heavy atom. The number of aliphatic hydroxyl groups excluding tert-OH is 1. The molecule has 1 unspecified atom stereocenters. The molecule has 6 nitrogen and oxygen atoms in total. The monoisotopic (exact) mass is 352 g/mol. The van der Waals surface area contributed by atoms with Crippen LogP contribution in [0.15, 0.2) is 60.0 Å². The first-order valence-corrected chi connectivity index (χ1v) is 8.37. The Kier molecular flexibility index (Phi) is 4.75. The summed E-state index contributed by atoms with van der Waals surface area (Å²) in [4.78, 5) is 31.0. The van der Waals surface area contributed by atoms with Crippen LogP contribution in [0.25, 0.3) is 0 Å². The number of carbonyl (C=O) groups is 2. The van der Waals surface area contributed by atoms with Crippen LogP contribution in [0.4, 0.5) is 0 Å². The normalized spacial score (nSPS) is 17.3. The molecule has 3 rings (SSSR count). The molecule has 2 N–H and O–H groups in total. The van der Waals surface area contributed by atoms with E-state index in [-0.39, 0.29) is 29.6 Å². The first kappa shape index (κ1) is 17.7. The fourth-order valence-corrected chi connectivity index (χ4v) is 3.09. The molecule has 0 fully saturated rings. The number of aromatic nitrogens is 1. The minimum absolute atomic E-state index is 0.0236. The number of Topliss-reactive ketones (excluding diaryl/α,β-unsaturated/α-hetero) is 1. The number of aromatic hydroxyl groups is 1. The molecule has 6 heteroatoms. The van der Waals surface area contributed by atoms with Crippen molar-refractivity contribution in [3.8, 4) is 5.75 Å². The Balaban J connectivity index is 2.09. The molecule has 1 aliphatic rings. The highest BCUT2D eigenvalue weighted by molar-refractivity contribution is 6.09. The maximum atomic E-state index is 12.7. The Labute approximate surface area is 151 Å². The van der Waals surface area contributed by atoms with Crippen LogP contribution >= 0.6 is 0 Å². The van der Waals surface area contributed by atoms with E-state index < -0.39 is 17.7 Å². The Morgan fingerprint density at radius 2 is 1.96 bits per heavy atom. The molecule has 0 bridgehead atoms. The van der Waals surface area contributed by atoms with E-state index in [1.165, 1.54) is 17.0 Å². The van der Waals surface area contributed by atoms with E-state index >= 15 is 0 Å². The third kappa shape index (κ3) is 3.18. The first-order chi connectivity index (χ1) is 12.4. The second-order valence-corrected chi connectivity index (χ2v) is 6.53. The van der Waals surface area contributed by atoms with E-state index in [1.54, 1.807) is 50.4 Å². The fourth-order valence-electron chi connectivity index (χ4n) is 3.09. The van der Waals surface area contributed by atoms with Crippen LogP contribution in [-0.4, -0.2) is 31.8 Å². The smallest absolute Gasteiger partial charge is 0.290 e. The molecule has 0 radical (unpaired) electrons. The minimum atomic E-state index is -0.772. The fraction of sp³-hybridized carbons (Fsp3) is 0.250. The molecule has 1 amide bonds. The average Bonchev–Trinajstić information content (AvgIpc) is 2.87. The van der Waals surface area contributed by atoms with Crippen LogP contribution in [0.1, 0.15) is 31.1 Å². The molecule has 2 aromatic rings. The van der Waals surface area contributed by atoms with Gasteiger partial charge in [0.05, 0.1) is 23.9 Å². The largest absolute Gasteiger partial charge is 0.508 e. The van der Waals surface area contributed by atoms with E-state index in [2.05, 4.69) is 4.98 Å². The number of rotatable bonds is 5. The summed E-state index contributed by atoms with van der Waals surface area (Å²) >= 11 is 0. The molecular weight excluding hydrogens is 332 g/mol. The van der Waals surface area contributed by atoms with Gasteiger partial charge in [0.15, 0.2) is 11.5 Å². The van der Waals surface area contributed by atoms with Gasteiger partial charge in [-0.15, -0.1) is 0 Å². The van der Waals surface area contributed by atoms with Gasteiger partial charge in [0.1, 0.15) is 5.75 Å². The number of phenolic OH excluding ortho intramolecular Hbond substituents is 1. The summed E-state index contributed by atoms with van der Waals surface area (Å²) in [5.41, 5.74) is 1.26. The standard InChI is InChI=1S/C20H20N2O4/c1-12(2)18(24)16-17(13-6-5-8-15(23)10-13)22(20(26)19(16)25)11-14-7-3-4-9-21-14/h3-10,12,17,23,25H,11H2,1-2H3. The summed E-state index contributed by atoms with van der Waals surface area (Å²) in [5, 5.41) is 20.2. The van der Waals surface area contributed by atoms with Gasteiger partial charge in [-0.2, -0.15) is 0 Å². The lowest BCUT2D eigenvalue weighted by molar-refractivity contribution is -0.130. The zero-order chi connectivity index (χ0) is 18.8. The summed E-state index contributed by atoms with van der Waals surface area (Å²) in [6.45, 7) is 3.57. The second kappa shape index (κ2) is 7.00. The number of hydrogen-bond acceptors (Lipinski definition) is 5. The molecule has 0 spiro atoms. The molecule has 134 valence electrons. The predicted octanol–water partition coefficient (Wildman–Crippen LogP) is 2.91. The third-order valence-electron chi connectivity index (χ3n) is 4.34. The van der Waals surface area contributed by atoms with E-state index in [0.717, 1.165) is 0 Å². The van der Waals surface area contributed by atoms with Gasteiger partial charge in [-0.05, 0) is 29.8 Å².